The molecule has 0 heterocycles. The molecule has 0 aliphatic rings. The first-order chi connectivity index (χ1) is 9.95. The summed E-state index contributed by atoms with van der Waals surface area (Å²) in [6, 6.07) is 8.21. The first kappa shape index (κ1) is 15.3. The van der Waals surface area contributed by atoms with E-state index in [1.54, 1.807) is 18.2 Å². The second-order valence-corrected chi connectivity index (χ2v) is 4.87. The molecule has 2 aromatic rings. The van der Waals surface area contributed by atoms with Gasteiger partial charge in [0.05, 0.1) is 10.7 Å². The van der Waals surface area contributed by atoms with Crippen LogP contribution in [0.4, 0.5) is 20.2 Å². The van der Waals surface area contributed by atoms with Gasteiger partial charge in [-0.2, -0.15) is 0 Å². The van der Waals surface area contributed by atoms with E-state index in [4.69, 9.17) is 11.6 Å². The van der Waals surface area contributed by atoms with Crippen molar-refractivity contribution in [2.75, 3.05) is 10.6 Å². The molecule has 21 heavy (non-hydrogen) atoms. The fourth-order valence-corrected chi connectivity index (χ4v) is 2.02. The molecule has 0 radical (unpaired) electrons. The fraction of sp³-hybridized carbons (Fsp3) is 0.133. The minimum absolute atomic E-state index is 0.124. The lowest BCUT2D eigenvalue weighted by molar-refractivity contribution is -0.114. The van der Waals surface area contributed by atoms with E-state index in [0.717, 1.165) is 18.2 Å². The van der Waals surface area contributed by atoms with Crippen molar-refractivity contribution in [1.82, 2.24) is 0 Å². The molecule has 2 N–H and O–H groups in total. The molecule has 6 heteroatoms. The molecule has 0 saturated heterocycles. The number of anilines is 2. The topological polar surface area (TPSA) is 41.1 Å². The maximum atomic E-state index is 13.5. The van der Waals surface area contributed by atoms with Gasteiger partial charge in [0.15, 0.2) is 0 Å². The zero-order valence-electron chi connectivity index (χ0n) is 11.2. The van der Waals surface area contributed by atoms with Crippen molar-refractivity contribution < 1.29 is 13.6 Å². The van der Waals surface area contributed by atoms with Gasteiger partial charge in [0.1, 0.15) is 11.6 Å². The maximum absolute atomic E-state index is 13.5. The molecule has 0 aliphatic heterocycles. The average Bonchev–Trinajstić information content (AvgIpc) is 2.42. The van der Waals surface area contributed by atoms with Gasteiger partial charge in [-0.05, 0) is 36.4 Å². The molecule has 0 aliphatic carbocycles. The SMILES string of the molecule is CC(=O)Nc1ccc(NCc2cc(F)ccc2F)cc1Cl. The number of nitrogens with one attached hydrogen (secondary N) is 2. The van der Waals surface area contributed by atoms with Crippen LogP contribution in [0.1, 0.15) is 12.5 Å². The summed E-state index contributed by atoms with van der Waals surface area (Å²) < 4.78 is 26.5. The lowest BCUT2D eigenvalue weighted by Crippen LogP contribution is -2.07. The van der Waals surface area contributed by atoms with E-state index in [1.807, 2.05) is 0 Å². The first-order valence-corrected chi connectivity index (χ1v) is 6.58. The molecule has 0 bridgehead atoms. The Kier molecular flexibility index (Phi) is 4.75. The number of carbonyl (C=O) groups is 1. The molecule has 110 valence electrons. The molecule has 0 saturated carbocycles. The summed E-state index contributed by atoms with van der Waals surface area (Å²) >= 11 is 6.02. The highest BCUT2D eigenvalue weighted by Gasteiger charge is 2.06. The highest BCUT2D eigenvalue weighted by atomic mass is 35.5. The first-order valence-electron chi connectivity index (χ1n) is 6.20. The molecule has 3 nitrogen and oxygen atoms in total. The molecule has 2 rings (SSSR count). The largest absolute Gasteiger partial charge is 0.381 e. The van der Waals surface area contributed by atoms with Crippen molar-refractivity contribution in [3.8, 4) is 0 Å². The molecular formula is C15H13ClF2N2O. The Labute approximate surface area is 125 Å². The predicted molar refractivity (Wildman–Crippen MR) is 79.4 cm³/mol. The maximum Gasteiger partial charge on any atom is 0.221 e. The molecular weight excluding hydrogens is 298 g/mol. The van der Waals surface area contributed by atoms with Crippen LogP contribution in [-0.4, -0.2) is 5.91 Å². The highest BCUT2D eigenvalue weighted by molar-refractivity contribution is 6.34. The smallest absolute Gasteiger partial charge is 0.221 e. The van der Waals surface area contributed by atoms with Gasteiger partial charge in [0.25, 0.3) is 0 Å². The quantitative estimate of drug-likeness (QED) is 0.889. The lowest BCUT2D eigenvalue weighted by Gasteiger charge is -2.10. The Morgan fingerprint density at radius 3 is 2.62 bits per heavy atom. The van der Waals surface area contributed by atoms with Gasteiger partial charge in [0, 0.05) is 24.7 Å². The summed E-state index contributed by atoms with van der Waals surface area (Å²) in [7, 11) is 0. The zero-order valence-corrected chi connectivity index (χ0v) is 12.0. The van der Waals surface area contributed by atoms with Gasteiger partial charge in [-0.15, -0.1) is 0 Å². The third kappa shape index (κ3) is 4.16. The predicted octanol–water partition coefficient (Wildman–Crippen LogP) is 4.19. The molecule has 0 atom stereocenters. The van der Waals surface area contributed by atoms with Gasteiger partial charge in [-0.3, -0.25) is 4.79 Å². The third-order valence-electron chi connectivity index (χ3n) is 2.77. The monoisotopic (exact) mass is 310 g/mol. The average molecular weight is 311 g/mol. The number of hydrogen-bond donors (Lipinski definition) is 2. The standard InChI is InChI=1S/C15H13ClF2N2O/c1-9(21)20-15-5-3-12(7-13(15)16)19-8-10-6-11(17)2-4-14(10)18/h2-7,19H,8H2,1H3,(H,20,21). The Morgan fingerprint density at radius 1 is 1.19 bits per heavy atom. The van der Waals surface area contributed by atoms with Gasteiger partial charge in [0.2, 0.25) is 5.91 Å². The Morgan fingerprint density at radius 2 is 1.95 bits per heavy atom. The van der Waals surface area contributed by atoms with Gasteiger partial charge in [-0.25, -0.2) is 8.78 Å². The van der Waals surface area contributed by atoms with Crippen LogP contribution in [0, 0.1) is 11.6 Å². The van der Waals surface area contributed by atoms with Crippen molar-refractivity contribution in [2.45, 2.75) is 13.5 Å². The van der Waals surface area contributed by atoms with Crippen molar-refractivity contribution >= 4 is 28.9 Å². The van der Waals surface area contributed by atoms with Crippen molar-refractivity contribution in [3.63, 3.8) is 0 Å². The normalized spacial score (nSPS) is 10.3. The highest BCUT2D eigenvalue weighted by Crippen LogP contribution is 2.26. The lowest BCUT2D eigenvalue weighted by atomic mass is 10.2. The summed E-state index contributed by atoms with van der Waals surface area (Å²) in [6.07, 6.45) is 0. The Balaban J connectivity index is 2.08. The van der Waals surface area contributed by atoms with Crippen LogP contribution in [0.3, 0.4) is 0 Å². The number of halogens is 3. The van der Waals surface area contributed by atoms with Crippen LogP contribution in [-0.2, 0) is 11.3 Å². The Bertz CT molecular complexity index is 677. The molecule has 0 fully saturated rings. The minimum atomic E-state index is -0.493. The van der Waals surface area contributed by atoms with Crippen LogP contribution >= 0.6 is 11.6 Å². The van der Waals surface area contributed by atoms with E-state index in [2.05, 4.69) is 10.6 Å². The van der Waals surface area contributed by atoms with Crippen LogP contribution in [0.2, 0.25) is 5.02 Å². The number of rotatable bonds is 4. The second-order valence-electron chi connectivity index (χ2n) is 4.47. The summed E-state index contributed by atoms with van der Waals surface area (Å²) in [4.78, 5) is 11.0. The summed E-state index contributed by atoms with van der Waals surface area (Å²) in [6.45, 7) is 1.51. The van der Waals surface area contributed by atoms with Crippen LogP contribution in [0.25, 0.3) is 0 Å². The van der Waals surface area contributed by atoms with E-state index in [-0.39, 0.29) is 18.0 Å². The second kappa shape index (κ2) is 6.54. The molecule has 0 aromatic heterocycles. The van der Waals surface area contributed by atoms with Crippen molar-refractivity contribution in [2.24, 2.45) is 0 Å². The molecule has 0 spiro atoms. The summed E-state index contributed by atoms with van der Waals surface area (Å²) in [5, 5.41) is 5.89. The molecule has 2 aromatic carbocycles. The van der Waals surface area contributed by atoms with Crippen LogP contribution < -0.4 is 10.6 Å². The zero-order chi connectivity index (χ0) is 15.4. The van der Waals surface area contributed by atoms with Gasteiger partial charge >= 0.3 is 0 Å². The Hall–Kier alpha value is -2.14. The number of carbonyl (C=O) groups excluding carboxylic acids is 1. The molecule has 1 amide bonds. The fourth-order valence-electron chi connectivity index (χ4n) is 1.79. The van der Waals surface area contributed by atoms with E-state index in [1.165, 1.54) is 6.92 Å². The molecule has 0 unspecified atom stereocenters. The number of hydrogen-bond acceptors (Lipinski definition) is 2. The van der Waals surface area contributed by atoms with Crippen LogP contribution in [0.5, 0.6) is 0 Å². The van der Waals surface area contributed by atoms with Crippen molar-refractivity contribution in [3.05, 3.63) is 58.6 Å². The summed E-state index contributed by atoms with van der Waals surface area (Å²) in [5.74, 6) is -1.20. The van der Waals surface area contributed by atoms with Gasteiger partial charge < -0.3 is 10.6 Å². The third-order valence-corrected chi connectivity index (χ3v) is 3.08. The van der Waals surface area contributed by atoms with Crippen molar-refractivity contribution in [1.29, 1.82) is 0 Å². The number of benzene rings is 2. The van der Waals surface area contributed by atoms with E-state index >= 15 is 0 Å². The van der Waals surface area contributed by atoms with Gasteiger partial charge in [-0.1, -0.05) is 11.6 Å². The van der Waals surface area contributed by atoms with E-state index in [9.17, 15) is 13.6 Å². The van der Waals surface area contributed by atoms with Crippen LogP contribution in [0.15, 0.2) is 36.4 Å². The van der Waals surface area contributed by atoms with E-state index in [0.29, 0.717) is 16.4 Å². The number of amides is 1. The summed E-state index contributed by atoms with van der Waals surface area (Å²) in [5.41, 5.74) is 1.35. The van der Waals surface area contributed by atoms with E-state index < -0.39 is 11.6 Å². The minimum Gasteiger partial charge on any atom is -0.381 e.